The number of allylic oxidation sites excluding steroid dienone is 5. The number of hydrogen-bond acceptors (Lipinski definition) is 4. The molecule has 1 aliphatic heterocycles. The van der Waals surface area contributed by atoms with E-state index in [9.17, 15) is 13.2 Å². The van der Waals surface area contributed by atoms with E-state index in [1.165, 1.54) is 0 Å². The molecule has 1 aliphatic carbocycles. The molecule has 5 heteroatoms. The zero-order valence-electron chi connectivity index (χ0n) is 10.5. The van der Waals surface area contributed by atoms with Crippen LogP contribution in [0.15, 0.2) is 66.5 Å². The van der Waals surface area contributed by atoms with E-state index >= 15 is 0 Å². The van der Waals surface area contributed by atoms with Crippen LogP contribution in [0.3, 0.4) is 0 Å². The minimum Gasteiger partial charge on any atom is -0.386 e. The third-order valence-electron chi connectivity index (χ3n) is 3.30. The van der Waals surface area contributed by atoms with E-state index in [0.717, 1.165) is 0 Å². The van der Waals surface area contributed by atoms with Gasteiger partial charge >= 0.3 is 10.1 Å². The fraction of sp³-hybridized carbons (Fsp3) is 0.133. The first-order valence-electron chi connectivity index (χ1n) is 6.17. The van der Waals surface area contributed by atoms with E-state index in [-0.39, 0.29) is 0 Å². The number of fused-ring (bicyclic) bond motifs is 1. The Morgan fingerprint density at radius 2 is 1.80 bits per heavy atom. The number of ketones is 1. The molecule has 2 aliphatic rings. The molecule has 1 saturated heterocycles. The third kappa shape index (κ3) is 2.10. The van der Waals surface area contributed by atoms with E-state index < -0.39 is 27.1 Å². The summed E-state index contributed by atoms with van der Waals surface area (Å²) in [6.07, 6.45) is 8.46. The number of carbonyl (C=O) groups excluding carboxylic acids is 1. The lowest BCUT2D eigenvalue weighted by molar-refractivity contribution is 0.0980. The molecule has 1 aromatic carbocycles. The van der Waals surface area contributed by atoms with Gasteiger partial charge in [-0.15, -0.1) is 0 Å². The van der Waals surface area contributed by atoms with Crippen molar-refractivity contribution in [1.29, 1.82) is 0 Å². The topological polar surface area (TPSA) is 60.4 Å². The molecule has 4 nitrogen and oxygen atoms in total. The van der Waals surface area contributed by atoms with Crippen LogP contribution in [-0.4, -0.2) is 19.5 Å². The maximum Gasteiger partial charge on any atom is 0.320 e. The van der Waals surface area contributed by atoms with Crippen LogP contribution in [0.5, 0.6) is 0 Å². The van der Waals surface area contributed by atoms with Crippen LogP contribution < -0.4 is 0 Å². The van der Waals surface area contributed by atoms with Gasteiger partial charge in [0.2, 0.25) is 0 Å². The van der Waals surface area contributed by atoms with Gasteiger partial charge in [-0.3, -0.25) is 4.79 Å². The van der Waals surface area contributed by atoms with Crippen LogP contribution >= 0.6 is 0 Å². The van der Waals surface area contributed by atoms with Gasteiger partial charge < -0.3 is 4.18 Å². The lowest BCUT2D eigenvalue weighted by atomic mass is 9.95. The van der Waals surface area contributed by atoms with Crippen molar-refractivity contribution < 1.29 is 17.4 Å². The van der Waals surface area contributed by atoms with Gasteiger partial charge in [0.1, 0.15) is 5.76 Å². The summed E-state index contributed by atoms with van der Waals surface area (Å²) in [5, 5.41) is -1.22. The first-order chi connectivity index (χ1) is 9.59. The fourth-order valence-corrected chi connectivity index (χ4v) is 3.88. The average molecular weight is 288 g/mol. The highest BCUT2D eigenvalue weighted by Crippen LogP contribution is 2.37. The molecule has 1 aromatic rings. The molecule has 1 heterocycles. The van der Waals surface area contributed by atoms with Gasteiger partial charge in [0.25, 0.3) is 0 Å². The van der Waals surface area contributed by atoms with Crippen LogP contribution in [0.25, 0.3) is 0 Å². The molecule has 0 amide bonds. The van der Waals surface area contributed by atoms with Gasteiger partial charge in [0, 0.05) is 5.56 Å². The number of benzene rings is 1. The summed E-state index contributed by atoms with van der Waals surface area (Å²) >= 11 is 0. The van der Waals surface area contributed by atoms with Crippen LogP contribution in [0, 0.1) is 5.92 Å². The average Bonchev–Trinajstić information content (AvgIpc) is 2.57. The summed E-state index contributed by atoms with van der Waals surface area (Å²) in [6, 6.07) is 8.40. The van der Waals surface area contributed by atoms with Crippen molar-refractivity contribution in [3.05, 3.63) is 72.0 Å². The van der Waals surface area contributed by atoms with Crippen molar-refractivity contribution in [1.82, 2.24) is 0 Å². The van der Waals surface area contributed by atoms with E-state index in [4.69, 9.17) is 4.18 Å². The molecule has 3 rings (SSSR count). The van der Waals surface area contributed by atoms with Gasteiger partial charge in [0.15, 0.2) is 11.0 Å². The summed E-state index contributed by atoms with van der Waals surface area (Å²) < 4.78 is 29.2. The van der Waals surface area contributed by atoms with Crippen LogP contribution in [0.4, 0.5) is 0 Å². The zero-order valence-corrected chi connectivity index (χ0v) is 11.3. The quantitative estimate of drug-likeness (QED) is 0.618. The van der Waals surface area contributed by atoms with Crippen molar-refractivity contribution in [2.45, 2.75) is 5.25 Å². The van der Waals surface area contributed by atoms with Crippen LogP contribution in [0.1, 0.15) is 10.4 Å². The van der Waals surface area contributed by atoms with E-state index in [2.05, 4.69) is 0 Å². The highest BCUT2D eigenvalue weighted by Gasteiger charge is 2.49. The molecular formula is C15H12O4S. The van der Waals surface area contributed by atoms with E-state index in [1.807, 2.05) is 0 Å². The number of Topliss-reactive ketones (excluding diaryl/α,β-unsaturated/α-hetero) is 1. The second-order valence-electron chi connectivity index (χ2n) is 4.59. The Bertz CT molecular complexity index is 726. The Hall–Kier alpha value is -2.14. The van der Waals surface area contributed by atoms with Crippen LogP contribution in [-0.2, 0) is 14.3 Å². The summed E-state index contributed by atoms with van der Waals surface area (Å²) in [4.78, 5) is 12.5. The maximum absolute atomic E-state index is 12.5. The molecule has 1 fully saturated rings. The standard InChI is InChI=1S/C15H12O4S/c16-14(11-7-3-1-4-8-11)15-12-9-5-2-6-10-13(12)19-20(15,17)18/h1-10,12,15H/t12-,15-/m1/s1. The predicted octanol–water partition coefficient (Wildman–Crippen LogP) is 2.22. The molecular weight excluding hydrogens is 276 g/mol. The highest BCUT2D eigenvalue weighted by molar-refractivity contribution is 7.88. The molecule has 0 unspecified atom stereocenters. The Labute approximate surface area is 117 Å². The smallest absolute Gasteiger partial charge is 0.320 e. The summed E-state index contributed by atoms with van der Waals surface area (Å²) in [5.41, 5.74) is 0.372. The highest BCUT2D eigenvalue weighted by atomic mass is 32.2. The van der Waals surface area contributed by atoms with Crippen molar-refractivity contribution in [3.63, 3.8) is 0 Å². The van der Waals surface area contributed by atoms with Gasteiger partial charge in [-0.25, -0.2) is 0 Å². The van der Waals surface area contributed by atoms with E-state index in [0.29, 0.717) is 11.3 Å². The first-order valence-corrected chi connectivity index (χ1v) is 7.64. The molecule has 102 valence electrons. The Kier molecular flexibility index (Phi) is 3.06. The minimum atomic E-state index is -3.94. The second kappa shape index (κ2) is 4.76. The summed E-state index contributed by atoms with van der Waals surface area (Å²) in [6.45, 7) is 0. The van der Waals surface area contributed by atoms with Gasteiger partial charge in [0.05, 0.1) is 5.92 Å². The largest absolute Gasteiger partial charge is 0.386 e. The predicted molar refractivity (Wildman–Crippen MR) is 74.4 cm³/mol. The number of carbonyl (C=O) groups is 1. The molecule has 0 spiro atoms. The Morgan fingerprint density at radius 1 is 1.05 bits per heavy atom. The lowest BCUT2D eigenvalue weighted by Crippen LogP contribution is -2.31. The van der Waals surface area contributed by atoms with Gasteiger partial charge in [-0.2, -0.15) is 8.42 Å². The first kappa shape index (κ1) is 12.9. The number of hydrogen-bond donors (Lipinski definition) is 0. The molecule has 0 bridgehead atoms. The zero-order chi connectivity index (χ0) is 14.2. The van der Waals surface area contributed by atoms with Crippen molar-refractivity contribution in [2.24, 2.45) is 5.92 Å². The molecule has 0 N–H and O–H groups in total. The monoisotopic (exact) mass is 288 g/mol. The molecule has 0 radical (unpaired) electrons. The fourth-order valence-electron chi connectivity index (χ4n) is 2.36. The van der Waals surface area contributed by atoms with Crippen molar-refractivity contribution in [3.8, 4) is 0 Å². The minimum absolute atomic E-state index is 0.296. The van der Waals surface area contributed by atoms with Crippen molar-refractivity contribution in [2.75, 3.05) is 0 Å². The molecule has 0 aromatic heterocycles. The number of rotatable bonds is 2. The summed E-state index contributed by atoms with van der Waals surface area (Å²) in [7, 11) is -3.94. The summed E-state index contributed by atoms with van der Waals surface area (Å²) in [5.74, 6) is -0.711. The Balaban J connectivity index is 2.06. The second-order valence-corrected chi connectivity index (χ2v) is 6.25. The third-order valence-corrected chi connectivity index (χ3v) is 4.85. The molecule has 0 saturated carbocycles. The SMILES string of the molecule is O=C(c1ccccc1)[C@H]1[C@@H]2C=CC=CC=C2OS1(=O)=O. The maximum atomic E-state index is 12.5. The molecule has 20 heavy (non-hydrogen) atoms. The lowest BCUT2D eigenvalue weighted by Gasteiger charge is -2.10. The van der Waals surface area contributed by atoms with Crippen LogP contribution in [0.2, 0.25) is 0 Å². The van der Waals surface area contributed by atoms with E-state index in [1.54, 1.807) is 60.7 Å². The van der Waals surface area contributed by atoms with Gasteiger partial charge in [-0.05, 0) is 6.08 Å². The Morgan fingerprint density at radius 3 is 2.55 bits per heavy atom. The normalized spacial score (nSPS) is 26.3. The van der Waals surface area contributed by atoms with Gasteiger partial charge in [-0.1, -0.05) is 54.6 Å². The molecule has 2 atom stereocenters. The van der Waals surface area contributed by atoms with Crippen molar-refractivity contribution >= 4 is 15.9 Å².